The second-order valence-corrected chi connectivity index (χ2v) is 8.69. The van der Waals surface area contributed by atoms with Gasteiger partial charge in [0.2, 0.25) is 0 Å². The molecule has 0 nitrogen and oxygen atoms in total. The van der Waals surface area contributed by atoms with Gasteiger partial charge in [0.15, 0.2) is 0 Å². The van der Waals surface area contributed by atoms with Crippen LogP contribution in [-0.4, -0.2) is 8.80 Å². The highest BCUT2D eigenvalue weighted by atomic mass is 28.3. The van der Waals surface area contributed by atoms with E-state index in [4.69, 9.17) is 0 Å². The molecule has 1 atom stereocenters. The molecule has 0 bridgehead atoms. The van der Waals surface area contributed by atoms with Crippen molar-refractivity contribution in [2.24, 2.45) is 0 Å². The average Bonchev–Trinajstić information content (AvgIpc) is 2.60. The summed E-state index contributed by atoms with van der Waals surface area (Å²) >= 11 is 0. The van der Waals surface area contributed by atoms with Gasteiger partial charge in [-0.2, -0.15) is 0 Å². The average molecular weight is 332 g/mol. The molecule has 3 aromatic rings. The molecule has 24 heavy (non-hydrogen) atoms. The summed E-state index contributed by atoms with van der Waals surface area (Å²) in [5, 5.41) is 2.87. The third-order valence-corrected chi connectivity index (χ3v) is 7.58. The lowest BCUT2D eigenvalue weighted by Crippen LogP contribution is -2.43. The van der Waals surface area contributed by atoms with E-state index >= 15 is 0 Å². The molecule has 0 amide bonds. The second-order valence-electron chi connectivity index (χ2n) is 6.10. The molecule has 0 saturated carbocycles. The van der Waals surface area contributed by atoms with Crippen LogP contribution in [0.4, 0.5) is 4.39 Å². The quantitative estimate of drug-likeness (QED) is 0.633. The van der Waals surface area contributed by atoms with Crippen LogP contribution in [0.2, 0.25) is 0 Å². The molecule has 0 unspecified atom stereocenters. The number of hydrogen-bond donors (Lipinski definition) is 0. The highest BCUT2D eigenvalue weighted by Crippen LogP contribution is 2.08. The van der Waals surface area contributed by atoms with E-state index in [1.54, 1.807) is 0 Å². The van der Waals surface area contributed by atoms with Crippen LogP contribution in [0.15, 0.2) is 78.5 Å². The van der Waals surface area contributed by atoms with Crippen LogP contribution in [-0.2, 0) is 0 Å². The first-order valence-electron chi connectivity index (χ1n) is 8.20. The Hall–Kier alpha value is -2.45. The Labute approximate surface area is 144 Å². The molecule has 3 aromatic carbocycles. The summed E-state index contributed by atoms with van der Waals surface area (Å²) in [4.78, 5) is 0. The lowest BCUT2D eigenvalue weighted by molar-refractivity contribution is 0.628. The summed E-state index contributed by atoms with van der Waals surface area (Å²) in [6.45, 7) is 4.38. The second kappa shape index (κ2) is 7.41. The van der Waals surface area contributed by atoms with E-state index < -0.39 is 8.80 Å². The van der Waals surface area contributed by atoms with Gasteiger partial charge in [0, 0.05) is 0 Å². The summed E-state index contributed by atoms with van der Waals surface area (Å²) in [6, 6.07) is 23.9. The number of benzene rings is 3. The van der Waals surface area contributed by atoms with Crippen molar-refractivity contribution in [3.8, 4) is 0 Å². The largest absolute Gasteiger partial charge is 0.207 e. The summed E-state index contributed by atoms with van der Waals surface area (Å²) in [6.07, 6.45) is 2.13. The number of aryl methyl sites for hydroxylation is 2. The number of rotatable bonds is 4. The third-order valence-electron chi connectivity index (χ3n) is 4.36. The molecular weight excluding hydrogens is 311 g/mol. The molecule has 0 radical (unpaired) electrons. The van der Waals surface area contributed by atoms with E-state index in [9.17, 15) is 4.39 Å². The standard InChI is InChI=1S/C22H21FSi/c1-17-7-6-8-18(2)22(17)24(21-9-4-3-5-10-21)16-15-19-11-13-20(23)14-12-19/h3-16,24H,1-2H3/b16-15+/t24-/m0/s1. The van der Waals surface area contributed by atoms with Gasteiger partial charge in [-0.15, -0.1) is 0 Å². The molecule has 0 aliphatic rings. The zero-order chi connectivity index (χ0) is 16.9. The first-order chi connectivity index (χ1) is 11.6. The van der Waals surface area contributed by atoms with E-state index in [-0.39, 0.29) is 5.82 Å². The van der Waals surface area contributed by atoms with Gasteiger partial charge >= 0.3 is 0 Å². The predicted octanol–water partition coefficient (Wildman–Crippen LogP) is 4.04. The van der Waals surface area contributed by atoms with Crippen molar-refractivity contribution in [1.29, 1.82) is 0 Å². The fourth-order valence-electron chi connectivity index (χ4n) is 3.13. The van der Waals surface area contributed by atoms with Crippen LogP contribution in [0.5, 0.6) is 0 Å². The lowest BCUT2D eigenvalue weighted by atomic mass is 10.2. The van der Waals surface area contributed by atoms with Gasteiger partial charge in [-0.1, -0.05) is 88.8 Å². The highest BCUT2D eigenvalue weighted by Gasteiger charge is 2.17. The Morgan fingerprint density at radius 2 is 1.38 bits per heavy atom. The van der Waals surface area contributed by atoms with Crippen molar-refractivity contribution >= 4 is 25.2 Å². The Bertz CT molecular complexity index is 815. The molecule has 0 N–H and O–H groups in total. The minimum atomic E-state index is -1.49. The van der Waals surface area contributed by atoms with Crippen molar-refractivity contribution in [3.63, 3.8) is 0 Å². The van der Waals surface area contributed by atoms with Gasteiger partial charge in [0.1, 0.15) is 14.6 Å². The first-order valence-corrected chi connectivity index (χ1v) is 10.0. The van der Waals surface area contributed by atoms with Gasteiger partial charge in [-0.25, -0.2) is 4.39 Å². The normalized spacial score (nSPS) is 12.5. The Balaban J connectivity index is 2.04. The zero-order valence-corrected chi connectivity index (χ0v) is 15.2. The van der Waals surface area contributed by atoms with Gasteiger partial charge in [0.25, 0.3) is 0 Å². The van der Waals surface area contributed by atoms with Crippen molar-refractivity contribution in [3.05, 3.63) is 101 Å². The van der Waals surface area contributed by atoms with Crippen molar-refractivity contribution in [2.75, 3.05) is 0 Å². The third kappa shape index (κ3) is 3.71. The SMILES string of the molecule is Cc1cccc(C)c1[Si@@H](/C=C/c1ccc(F)cc1)c1ccccc1. The van der Waals surface area contributed by atoms with Gasteiger partial charge in [0.05, 0.1) is 0 Å². The Morgan fingerprint density at radius 1 is 0.750 bits per heavy atom. The maximum Gasteiger partial charge on any atom is 0.126 e. The van der Waals surface area contributed by atoms with Gasteiger partial charge < -0.3 is 0 Å². The fraction of sp³-hybridized carbons (Fsp3) is 0.0909. The minimum Gasteiger partial charge on any atom is -0.207 e. The molecule has 0 fully saturated rings. The van der Waals surface area contributed by atoms with Gasteiger partial charge in [-0.05, 0) is 36.7 Å². The number of hydrogen-bond acceptors (Lipinski definition) is 0. The molecule has 0 aromatic heterocycles. The van der Waals surface area contributed by atoms with E-state index in [0.29, 0.717) is 0 Å². The van der Waals surface area contributed by atoms with Crippen LogP contribution >= 0.6 is 0 Å². The summed E-state index contributed by atoms with van der Waals surface area (Å²) in [5.41, 5.74) is 6.08. The Kier molecular flexibility index (Phi) is 5.07. The molecule has 2 heteroatoms. The smallest absolute Gasteiger partial charge is 0.126 e. The van der Waals surface area contributed by atoms with Crippen LogP contribution in [0.3, 0.4) is 0 Å². The van der Waals surface area contributed by atoms with Crippen molar-refractivity contribution < 1.29 is 4.39 Å². The monoisotopic (exact) mass is 332 g/mol. The lowest BCUT2D eigenvalue weighted by Gasteiger charge is -2.18. The highest BCUT2D eigenvalue weighted by molar-refractivity contribution is 6.90. The topological polar surface area (TPSA) is 0 Å². The van der Waals surface area contributed by atoms with Crippen LogP contribution in [0.1, 0.15) is 16.7 Å². The van der Waals surface area contributed by atoms with E-state index in [0.717, 1.165) is 5.56 Å². The van der Waals surface area contributed by atoms with E-state index in [1.807, 2.05) is 12.1 Å². The van der Waals surface area contributed by atoms with Crippen molar-refractivity contribution in [1.82, 2.24) is 0 Å². The maximum absolute atomic E-state index is 13.1. The summed E-state index contributed by atoms with van der Waals surface area (Å²) in [7, 11) is -1.49. The predicted molar refractivity (Wildman–Crippen MR) is 104 cm³/mol. The van der Waals surface area contributed by atoms with E-state index in [2.05, 4.69) is 74.2 Å². The fourth-order valence-corrected chi connectivity index (χ4v) is 6.11. The van der Waals surface area contributed by atoms with Crippen LogP contribution in [0.25, 0.3) is 6.08 Å². The molecule has 0 heterocycles. The molecular formula is C22H21FSi. The summed E-state index contributed by atoms with van der Waals surface area (Å²) in [5.74, 6) is -0.196. The van der Waals surface area contributed by atoms with Crippen molar-refractivity contribution in [2.45, 2.75) is 13.8 Å². The zero-order valence-electron chi connectivity index (χ0n) is 14.0. The molecule has 0 aliphatic heterocycles. The van der Waals surface area contributed by atoms with Crippen LogP contribution in [0, 0.1) is 19.7 Å². The molecule has 3 rings (SSSR count). The molecule has 120 valence electrons. The number of halogens is 1. The first kappa shape index (κ1) is 16.4. The molecule has 0 aliphatic carbocycles. The van der Waals surface area contributed by atoms with Gasteiger partial charge in [-0.3, -0.25) is 0 Å². The Morgan fingerprint density at radius 3 is 2.00 bits per heavy atom. The molecule has 0 spiro atoms. The maximum atomic E-state index is 13.1. The minimum absolute atomic E-state index is 0.196. The van der Waals surface area contributed by atoms with Crippen LogP contribution < -0.4 is 10.4 Å². The summed E-state index contributed by atoms with van der Waals surface area (Å²) < 4.78 is 13.1. The molecule has 0 saturated heterocycles. The van der Waals surface area contributed by atoms with E-state index in [1.165, 1.54) is 33.6 Å².